The summed E-state index contributed by atoms with van der Waals surface area (Å²) in [5, 5.41) is 8.98. The average Bonchev–Trinajstić information content (AvgIpc) is 2.49. The first-order valence-electron chi connectivity index (χ1n) is 7.30. The van der Waals surface area contributed by atoms with Crippen LogP contribution in [0, 0.1) is 23.2 Å². The second-order valence-electron chi connectivity index (χ2n) is 5.94. The van der Waals surface area contributed by atoms with Gasteiger partial charge in [-0.15, -0.1) is 0 Å². The molecule has 118 valence electrons. The first kappa shape index (κ1) is 16.5. The number of rotatable bonds is 3. The molecule has 1 saturated heterocycles. The molecule has 0 bridgehead atoms. The van der Waals surface area contributed by atoms with Crippen molar-refractivity contribution in [1.82, 2.24) is 14.9 Å². The van der Waals surface area contributed by atoms with E-state index >= 15 is 0 Å². The molecule has 2 heterocycles. The van der Waals surface area contributed by atoms with Crippen molar-refractivity contribution in [2.75, 3.05) is 32.1 Å². The van der Waals surface area contributed by atoms with Crippen molar-refractivity contribution < 1.29 is 4.79 Å². The van der Waals surface area contributed by atoms with Crippen LogP contribution in [0.3, 0.4) is 0 Å². The predicted molar refractivity (Wildman–Crippen MR) is 84.6 cm³/mol. The zero-order valence-corrected chi connectivity index (χ0v) is 13.8. The third-order valence-corrected chi connectivity index (χ3v) is 4.46. The highest BCUT2D eigenvalue weighted by Gasteiger charge is 2.29. The third-order valence-electron chi connectivity index (χ3n) is 4.20. The molecule has 1 aromatic rings. The molecule has 0 unspecified atom stereocenters. The maximum absolute atomic E-state index is 12.0. The molecule has 0 spiro atoms. The molecule has 22 heavy (non-hydrogen) atoms. The number of piperidine rings is 1. The quantitative estimate of drug-likeness (QED) is 0.850. The predicted octanol–water partition coefficient (Wildman–Crippen LogP) is 1.94. The lowest BCUT2D eigenvalue weighted by Gasteiger charge is -2.37. The molecule has 1 aromatic heterocycles. The van der Waals surface area contributed by atoms with Gasteiger partial charge in [-0.25, -0.2) is 9.97 Å². The van der Waals surface area contributed by atoms with E-state index in [9.17, 15) is 4.79 Å². The van der Waals surface area contributed by atoms with E-state index in [-0.39, 0.29) is 22.7 Å². The van der Waals surface area contributed by atoms with Gasteiger partial charge in [0.2, 0.25) is 5.91 Å². The van der Waals surface area contributed by atoms with Gasteiger partial charge in [-0.2, -0.15) is 5.26 Å². The van der Waals surface area contributed by atoms with E-state index in [0.717, 1.165) is 19.5 Å². The fourth-order valence-electron chi connectivity index (χ4n) is 2.62. The van der Waals surface area contributed by atoms with Crippen molar-refractivity contribution in [3.63, 3.8) is 0 Å². The summed E-state index contributed by atoms with van der Waals surface area (Å²) >= 11 is 5.96. The standard InChI is InChI=1S/C15H20ClN5O/c1-10-4-5-21(9-11(10)6-14(22)20(2)3)13-8-18-12(7-17)15(16)19-13/h8,10-11H,4-6,9H2,1-3H3/t10-,11+/m1/s1. The minimum Gasteiger partial charge on any atom is -0.355 e. The fraction of sp³-hybridized carbons (Fsp3) is 0.600. The van der Waals surface area contributed by atoms with Gasteiger partial charge < -0.3 is 9.80 Å². The molecule has 0 aliphatic carbocycles. The summed E-state index contributed by atoms with van der Waals surface area (Å²) in [4.78, 5) is 24.0. The van der Waals surface area contributed by atoms with Crippen LogP contribution >= 0.6 is 11.6 Å². The van der Waals surface area contributed by atoms with Crippen molar-refractivity contribution in [2.45, 2.75) is 19.8 Å². The van der Waals surface area contributed by atoms with Crippen LogP contribution in [0.4, 0.5) is 5.82 Å². The van der Waals surface area contributed by atoms with Crippen LogP contribution in [0.25, 0.3) is 0 Å². The van der Waals surface area contributed by atoms with E-state index in [0.29, 0.717) is 18.2 Å². The van der Waals surface area contributed by atoms with Crippen molar-refractivity contribution in [3.8, 4) is 6.07 Å². The second-order valence-corrected chi connectivity index (χ2v) is 6.30. The molecule has 0 saturated carbocycles. The van der Waals surface area contributed by atoms with Crippen LogP contribution < -0.4 is 4.90 Å². The molecule has 6 nitrogen and oxygen atoms in total. The second kappa shape index (κ2) is 6.93. The molecule has 1 aliphatic heterocycles. The number of hydrogen-bond donors (Lipinski definition) is 0. The van der Waals surface area contributed by atoms with Crippen LogP contribution in [0.1, 0.15) is 25.5 Å². The topological polar surface area (TPSA) is 73.1 Å². The number of aromatic nitrogens is 2. The monoisotopic (exact) mass is 321 g/mol. The fourth-order valence-corrected chi connectivity index (χ4v) is 2.79. The van der Waals surface area contributed by atoms with Crippen molar-refractivity contribution in [1.29, 1.82) is 5.26 Å². The van der Waals surface area contributed by atoms with Crippen LogP contribution in [-0.4, -0.2) is 48.0 Å². The molecule has 1 amide bonds. The van der Waals surface area contributed by atoms with E-state index in [1.807, 2.05) is 6.07 Å². The van der Waals surface area contributed by atoms with E-state index in [4.69, 9.17) is 16.9 Å². The maximum Gasteiger partial charge on any atom is 0.222 e. The van der Waals surface area contributed by atoms with Crippen LogP contribution in [0.15, 0.2) is 6.20 Å². The van der Waals surface area contributed by atoms with Gasteiger partial charge in [-0.3, -0.25) is 4.79 Å². The van der Waals surface area contributed by atoms with E-state index in [1.54, 1.807) is 25.2 Å². The first-order valence-corrected chi connectivity index (χ1v) is 7.68. The third kappa shape index (κ3) is 3.66. The molecule has 0 aromatic carbocycles. The number of halogens is 1. The van der Waals surface area contributed by atoms with Gasteiger partial charge in [0.25, 0.3) is 0 Å². The van der Waals surface area contributed by atoms with Crippen LogP contribution in [0.5, 0.6) is 0 Å². The Kier molecular flexibility index (Phi) is 5.19. The summed E-state index contributed by atoms with van der Waals surface area (Å²) in [6.07, 6.45) is 3.10. The lowest BCUT2D eigenvalue weighted by molar-refractivity contribution is -0.130. The van der Waals surface area contributed by atoms with Gasteiger partial charge in [0.05, 0.1) is 6.20 Å². The summed E-state index contributed by atoms with van der Waals surface area (Å²) in [7, 11) is 3.55. The van der Waals surface area contributed by atoms with Crippen LogP contribution in [0.2, 0.25) is 5.15 Å². The number of nitriles is 1. The number of anilines is 1. The molecule has 7 heteroatoms. The molecular weight excluding hydrogens is 302 g/mol. The Bertz CT molecular complexity index is 598. The van der Waals surface area contributed by atoms with Gasteiger partial charge >= 0.3 is 0 Å². The Morgan fingerprint density at radius 3 is 2.91 bits per heavy atom. The zero-order valence-electron chi connectivity index (χ0n) is 13.1. The molecule has 2 rings (SSSR count). The number of nitrogens with zero attached hydrogens (tertiary/aromatic N) is 5. The molecule has 0 radical (unpaired) electrons. The van der Waals surface area contributed by atoms with E-state index in [2.05, 4.69) is 21.8 Å². The van der Waals surface area contributed by atoms with E-state index in [1.165, 1.54) is 0 Å². The van der Waals surface area contributed by atoms with Gasteiger partial charge in [-0.05, 0) is 18.3 Å². The summed E-state index contributed by atoms with van der Waals surface area (Å²) < 4.78 is 0. The van der Waals surface area contributed by atoms with Crippen molar-refractivity contribution in [2.24, 2.45) is 11.8 Å². The van der Waals surface area contributed by atoms with Gasteiger partial charge in [0.1, 0.15) is 11.9 Å². The molecule has 1 fully saturated rings. The Hall–Kier alpha value is -1.87. The lowest BCUT2D eigenvalue weighted by atomic mass is 9.84. The largest absolute Gasteiger partial charge is 0.355 e. The number of carbonyl (C=O) groups is 1. The Balaban J connectivity index is 2.11. The summed E-state index contributed by atoms with van der Waals surface area (Å²) in [5.74, 6) is 1.57. The van der Waals surface area contributed by atoms with Gasteiger partial charge in [0.15, 0.2) is 10.8 Å². The van der Waals surface area contributed by atoms with Crippen molar-refractivity contribution in [3.05, 3.63) is 17.0 Å². The number of carbonyl (C=O) groups excluding carboxylic acids is 1. The van der Waals surface area contributed by atoms with E-state index < -0.39 is 0 Å². The average molecular weight is 322 g/mol. The molecular formula is C15H20ClN5O. The molecule has 1 aliphatic rings. The van der Waals surface area contributed by atoms with Crippen LogP contribution in [-0.2, 0) is 4.79 Å². The Morgan fingerprint density at radius 1 is 1.59 bits per heavy atom. The Morgan fingerprint density at radius 2 is 2.32 bits per heavy atom. The SMILES string of the molecule is C[C@@H]1CCN(c2cnc(C#N)c(Cl)n2)C[C@@H]1CC(=O)N(C)C. The van der Waals surface area contributed by atoms with Crippen molar-refractivity contribution >= 4 is 23.3 Å². The zero-order chi connectivity index (χ0) is 16.3. The summed E-state index contributed by atoms with van der Waals surface area (Å²) in [6, 6.07) is 1.91. The number of hydrogen-bond acceptors (Lipinski definition) is 5. The highest BCUT2D eigenvalue weighted by molar-refractivity contribution is 6.30. The minimum absolute atomic E-state index is 0.125. The lowest BCUT2D eigenvalue weighted by Crippen LogP contribution is -2.42. The highest BCUT2D eigenvalue weighted by Crippen LogP contribution is 2.29. The smallest absolute Gasteiger partial charge is 0.222 e. The normalized spacial score (nSPS) is 21.3. The highest BCUT2D eigenvalue weighted by atomic mass is 35.5. The number of amides is 1. The summed E-state index contributed by atoms with van der Waals surface area (Å²) in [6.45, 7) is 3.78. The summed E-state index contributed by atoms with van der Waals surface area (Å²) in [5.41, 5.74) is 0.134. The molecule has 0 N–H and O–H groups in total. The maximum atomic E-state index is 12.0. The van der Waals surface area contributed by atoms with Gasteiger partial charge in [-0.1, -0.05) is 18.5 Å². The Labute approximate surface area is 135 Å². The minimum atomic E-state index is 0.125. The molecule has 2 atom stereocenters. The van der Waals surface area contributed by atoms with Gasteiger partial charge in [0, 0.05) is 33.6 Å². The first-order chi connectivity index (χ1) is 10.4.